The number of aromatic nitrogens is 4. The molecule has 5 heteroatoms. The van der Waals surface area contributed by atoms with Crippen molar-refractivity contribution >= 4 is 5.78 Å². The second kappa shape index (κ2) is 4.65. The molecule has 0 N–H and O–H groups in total. The molecular weight excluding hydrogens is 204 g/mol. The summed E-state index contributed by atoms with van der Waals surface area (Å²) in [5.41, 5.74) is 0.787. The lowest BCUT2D eigenvalue weighted by molar-refractivity contribution is -0.118. The van der Waals surface area contributed by atoms with E-state index in [0.29, 0.717) is 18.7 Å². The molecule has 82 valence electrons. The van der Waals surface area contributed by atoms with E-state index in [0.717, 1.165) is 5.69 Å². The average Bonchev–Trinajstić information content (AvgIpc) is 2.66. The van der Waals surface area contributed by atoms with Crippen molar-refractivity contribution in [3.05, 3.63) is 42.2 Å². The van der Waals surface area contributed by atoms with Crippen molar-refractivity contribution < 1.29 is 4.79 Å². The SMILES string of the molecule is Cn1ncnc1CC(=O)Cc1ccccn1. The third kappa shape index (κ3) is 2.50. The highest BCUT2D eigenvalue weighted by Crippen LogP contribution is 2.00. The van der Waals surface area contributed by atoms with Crippen LogP contribution in [0, 0.1) is 0 Å². The Labute approximate surface area is 93.2 Å². The Morgan fingerprint density at radius 1 is 1.31 bits per heavy atom. The summed E-state index contributed by atoms with van der Waals surface area (Å²) >= 11 is 0. The lowest BCUT2D eigenvalue weighted by Crippen LogP contribution is -2.11. The third-order valence-electron chi connectivity index (χ3n) is 2.26. The van der Waals surface area contributed by atoms with Crippen molar-refractivity contribution in [2.75, 3.05) is 0 Å². The van der Waals surface area contributed by atoms with Gasteiger partial charge >= 0.3 is 0 Å². The predicted molar refractivity (Wildman–Crippen MR) is 57.7 cm³/mol. The maximum Gasteiger partial charge on any atom is 0.146 e. The van der Waals surface area contributed by atoms with Gasteiger partial charge in [-0.3, -0.25) is 14.5 Å². The number of Topliss-reactive ketones (excluding diaryl/α,β-unsaturated/α-hetero) is 1. The highest BCUT2D eigenvalue weighted by Gasteiger charge is 2.09. The molecule has 0 aliphatic carbocycles. The molecule has 16 heavy (non-hydrogen) atoms. The smallest absolute Gasteiger partial charge is 0.146 e. The van der Waals surface area contributed by atoms with E-state index in [-0.39, 0.29) is 5.78 Å². The van der Waals surface area contributed by atoms with Gasteiger partial charge in [0.25, 0.3) is 0 Å². The quantitative estimate of drug-likeness (QED) is 0.749. The van der Waals surface area contributed by atoms with Crippen LogP contribution in [0.3, 0.4) is 0 Å². The molecule has 0 saturated heterocycles. The average molecular weight is 216 g/mol. The standard InChI is InChI=1S/C11H12N4O/c1-15-11(13-8-14-15)7-10(16)6-9-4-2-3-5-12-9/h2-5,8H,6-7H2,1H3. The Morgan fingerprint density at radius 3 is 2.81 bits per heavy atom. The van der Waals surface area contributed by atoms with Gasteiger partial charge in [0.05, 0.1) is 6.42 Å². The minimum Gasteiger partial charge on any atom is -0.299 e. The highest BCUT2D eigenvalue weighted by molar-refractivity contribution is 5.82. The van der Waals surface area contributed by atoms with Crippen molar-refractivity contribution in [3.8, 4) is 0 Å². The fourth-order valence-corrected chi connectivity index (χ4v) is 1.42. The molecule has 0 saturated carbocycles. The van der Waals surface area contributed by atoms with Gasteiger partial charge in [-0.15, -0.1) is 0 Å². The molecule has 2 aromatic rings. The summed E-state index contributed by atoms with van der Waals surface area (Å²) in [6.07, 6.45) is 3.77. The topological polar surface area (TPSA) is 60.7 Å². The molecule has 0 aliphatic rings. The Kier molecular flexibility index (Phi) is 3.05. The zero-order valence-electron chi connectivity index (χ0n) is 9.00. The Balaban J connectivity index is 1.98. The number of nitrogens with zero attached hydrogens (tertiary/aromatic N) is 4. The summed E-state index contributed by atoms with van der Waals surface area (Å²) in [5.74, 6) is 0.774. The molecule has 0 spiro atoms. The van der Waals surface area contributed by atoms with Crippen LogP contribution < -0.4 is 0 Å². The maximum atomic E-state index is 11.7. The summed E-state index contributed by atoms with van der Waals surface area (Å²) in [5, 5.41) is 3.91. The first kappa shape index (κ1) is 10.5. The van der Waals surface area contributed by atoms with Gasteiger partial charge in [0.2, 0.25) is 0 Å². The Bertz CT molecular complexity index is 478. The van der Waals surface area contributed by atoms with Crippen LogP contribution in [0.4, 0.5) is 0 Å². The molecule has 0 bridgehead atoms. The van der Waals surface area contributed by atoms with Crippen LogP contribution in [0.1, 0.15) is 11.5 Å². The predicted octanol–water partition coefficient (Wildman–Crippen LogP) is 0.564. The zero-order valence-corrected chi connectivity index (χ0v) is 9.00. The normalized spacial score (nSPS) is 10.3. The van der Waals surface area contributed by atoms with Crippen LogP contribution in [-0.2, 0) is 24.7 Å². The summed E-state index contributed by atoms with van der Waals surface area (Å²) in [6, 6.07) is 5.54. The van der Waals surface area contributed by atoms with E-state index in [4.69, 9.17) is 0 Å². The molecule has 0 amide bonds. The molecule has 0 aliphatic heterocycles. The van der Waals surface area contributed by atoms with Gasteiger partial charge in [-0.2, -0.15) is 5.10 Å². The van der Waals surface area contributed by atoms with Crippen LogP contribution in [0.15, 0.2) is 30.7 Å². The minimum absolute atomic E-state index is 0.0924. The van der Waals surface area contributed by atoms with E-state index in [1.807, 2.05) is 18.2 Å². The van der Waals surface area contributed by atoms with Crippen molar-refractivity contribution in [2.45, 2.75) is 12.8 Å². The van der Waals surface area contributed by atoms with Gasteiger partial charge < -0.3 is 0 Å². The molecule has 5 nitrogen and oxygen atoms in total. The number of rotatable bonds is 4. The maximum absolute atomic E-state index is 11.7. The van der Waals surface area contributed by atoms with Crippen LogP contribution in [0.25, 0.3) is 0 Å². The fraction of sp³-hybridized carbons (Fsp3) is 0.273. The molecule has 0 radical (unpaired) electrons. The van der Waals surface area contributed by atoms with Gasteiger partial charge in [-0.25, -0.2) is 4.98 Å². The second-order valence-corrected chi connectivity index (χ2v) is 3.51. The van der Waals surface area contributed by atoms with Crippen LogP contribution in [-0.4, -0.2) is 25.5 Å². The number of aryl methyl sites for hydroxylation is 1. The Morgan fingerprint density at radius 2 is 2.19 bits per heavy atom. The lowest BCUT2D eigenvalue weighted by atomic mass is 10.1. The van der Waals surface area contributed by atoms with E-state index < -0.39 is 0 Å². The minimum atomic E-state index is 0.0924. The summed E-state index contributed by atoms with van der Waals surface area (Å²) in [7, 11) is 1.77. The monoisotopic (exact) mass is 216 g/mol. The third-order valence-corrected chi connectivity index (χ3v) is 2.26. The van der Waals surface area contributed by atoms with E-state index in [1.165, 1.54) is 6.33 Å². The first-order valence-corrected chi connectivity index (χ1v) is 5.00. The van der Waals surface area contributed by atoms with E-state index in [2.05, 4.69) is 15.1 Å². The zero-order chi connectivity index (χ0) is 11.4. The molecule has 2 rings (SSSR count). The van der Waals surface area contributed by atoms with Gasteiger partial charge in [-0.1, -0.05) is 6.07 Å². The van der Waals surface area contributed by atoms with Crippen molar-refractivity contribution in [3.63, 3.8) is 0 Å². The first-order valence-electron chi connectivity index (χ1n) is 5.00. The second-order valence-electron chi connectivity index (χ2n) is 3.51. The van der Waals surface area contributed by atoms with Gasteiger partial charge in [0.15, 0.2) is 0 Å². The number of ketones is 1. The van der Waals surface area contributed by atoms with Crippen molar-refractivity contribution in [1.29, 1.82) is 0 Å². The first-order chi connectivity index (χ1) is 7.75. The number of hydrogen-bond acceptors (Lipinski definition) is 4. The van der Waals surface area contributed by atoms with Crippen molar-refractivity contribution in [1.82, 2.24) is 19.7 Å². The number of pyridine rings is 1. The van der Waals surface area contributed by atoms with Crippen LogP contribution in [0.5, 0.6) is 0 Å². The number of hydrogen-bond donors (Lipinski definition) is 0. The Hall–Kier alpha value is -2.04. The molecular formula is C11H12N4O. The van der Waals surface area contributed by atoms with Crippen LogP contribution in [0.2, 0.25) is 0 Å². The molecule has 2 heterocycles. The fourth-order valence-electron chi connectivity index (χ4n) is 1.42. The van der Waals surface area contributed by atoms with Gasteiger partial charge in [-0.05, 0) is 12.1 Å². The molecule has 0 unspecified atom stereocenters. The van der Waals surface area contributed by atoms with Crippen molar-refractivity contribution in [2.24, 2.45) is 7.05 Å². The van der Waals surface area contributed by atoms with Gasteiger partial charge in [0, 0.05) is 25.4 Å². The summed E-state index contributed by atoms with van der Waals surface area (Å²) < 4.78 is 1.61. The summed E-state index contributed by atoms with van der Waals surface area (Å²) in [6.45, 7) is 0. The highest BCUT2D eigenvalue weighted by atomic mass is 16.1. The summed E-state index contributed by atoms with van der Waals surface area (Å²) in [4.78, 5) is 19.8. The van der Waals surface area contributed by atoms with E-state index in [9.17, 15) is 4.79 Å². The largest absolute Gasteiger partial charge is 0.299 e. The van der Waals surface area contributed by atoms with Gasteiger partial charge in [0.1, 0.15) is 17.9 Å². The number of carbonyl (C=O) groups excluding carboxylic acids is 1. The molecule has 2 aromatic heterocycles. The van der Waals surface area contributed by atoms with Crippen LogP contribution >= 0.6 is 0 Å². The van der Waals surface area contributed by atoms with E-state index in [1.54, 1.807) is 17.9 Å². The lowest BCUT2D eigenvalue weighted by Gasteiger charge is -2.00. The molecule has 0 aromatic carbocycles. The number of carbonyl (C=O) groups is 1. The molecule has 0 fully saturated rings. The molecule has 0 atom stereocenters. The van der Waals surface area contributed by atoms with E-state index >= 15 is 0 Å².